The minimum absolute atomic E-state index is 0.0213. The Morgan fingerprint density at radius 2 is 1.60 bits per heavy atom. The molecular weight excluding hydrogens is 380 g/mol. The molecule has 8 nitrogen and oxygen atoms in total. The Labute approximate surface area is 176 Å². The highest BCUT2D eigenvalue weighted by Crippen LogP contribution is 2.39. The smallest absolute Gasteiger partial charge is 0.229 e. The minimum Gasteiger partial charge on any atom is -0.378 e. The van der Waals surface area contributed by atoms with Crippen molar-refractivity contribution in [1.82, 2.24) is 9.97 Å². The van der Waals surface area contributed by atoms with Crippen LogP contribution in [0.15, 0.2) is 35.3 Å². The number of hydrogen-bond donors (Lipinski definition) is 1. The molecule has 3 aliphatic heterocycles. The van der Waals surface area contributed by atoms with Crippen molar-refractivity contribution in [1.29, 1.82) is 0 Å². The summed E-state index contributed by atoms with van der Waals surface area (Å²) in [7, 11) is 0. The third kappa shape index (κ3) is 3.73. The van der Waals surface area contributed by atoms with Gasteiger partial charge in [0.1, 0.15) is 17.5 Å². The monoisotopic (exact) mass is 408 g/mol. The maximum absolute atomic E-state index is 5.58. The number of benzene rings is 1. The number of aliphatic imine (C=N–C) groups is 1. The Hall–Kier alpha value is -2.71. The van der Waals surface area contributed by atoms with E-state index in [-0.39, 0.29) is 6.04 Å². The summed E-state index contributed by atoms with van der Waals surface area (Å²) >= 11 is 0. The molecule has 3 aliphatic rings. The van der Waals surface area contributed by atoms with Gasteiger partial charge in [-0.15, -0.1) is 0 Å². The summed E-state index contributed by atoms with van der Waals surface area (Å²) in [5, 5.41) is 3.52. The van der Waals surface area contributed by atoms with Gasteiger partial charge in [0.15, 0.2) is 0 Å². The molecule has 2 saturated heterocycles. The minimum atomic E-state index is 0.0213. The van der Waals surface area contributed by atoms with Crippen LogP contribution in [-0.4, -0.2) is 68.4 Å². The second kappa shape index (κ2) is 8.57. The molecule has 2 aromatic rings. The first kappa shape index (κ1) is 19.3. The van der Waals surface area contributed by atoms with Gasteiger partial charge in [-0.1, -0.05) is 37.3 Å². The second-order valence-corrected chi connectivity index (χ2v) is 7.70. The van der Waals surface area contributed by atoms with Crippen molar-refractivity contribution in [3.8, 4) is 0 Å². The summed E-state index contributed by atoms with van der Waals surface area (Å²) in [6.07, 6.45) is 0.891. The van der Waals surface area contributed by atoms with Gasteiger partial charge in [0.2, 0.25) is 5.95 Å². The summed E-state index contributed by atoms with van der Waals surface area (Å²) in [4.78, 5) is 19.6. The van der Waals surface area contributed by atoms with Crippen molar-refractivity contribution >= 4 is 23.4 Å². The predicted molar refractivity (Wildman–Crippen MR) is 118 cm³/mol. The van der Waals surface area contributed by atoms with Crippen molar-refractivity contribution in [2.75, 3.05) is 67.7 Å². The normalized spacial score (nSPS) is 21.6. The number of morpholine rings is 2. The first-order chi connectivity index (χ1) is 14.8. The Morgan fingerprint density at radius 1 is 0.933 bits per heavy atom. The van der Waals surface area contributed by atoms with Gasteiger partial charge < -0.3 is 24.6 Å². The lowest BCUT2D eigenvalue weighted by Gasteiger charge is -2.35. The highest BCUT2D eigenvalue weighted by molar-refractivity contribution is 6.09. The van der Waals surface area contributed by atoms with E-state index < -0.39 is 0 Å². The second-order valence-electron chi connectivity index (χ2n) is 7.70. The number of nitrogens with zero attached hydrogens (tertiary/aromatic N) is 5. The van der Waals surface area contributed by atoms with Crippen molar-refractivity contribution < 1.29 is 9.47 Å². The van der Waals surface area contributed by atoms with Gasteiger partial charge in [-0.3, -0.25) is 4.99 Å². The average Bonchev–Trinajstić information content (AvgIpc) is 2.84. The van der Waals surface area contributed by atoms with E-state index in [9.17, 15) is 0 Å². The number of fused-ring (bicyclic) bond motifs is 1. The van der Waals surface area contributed by atoms with Crippen LogP contribution in [0.3, 0.4) is 0 Å². The van der Waals surface area contributed by atoms with Crippen LogP contribution in [0.25, 0.3) is 0 Å². The van der Waals surface area contributed by atoms with Crippen molar-refractivity contribution in [2.24, 2.45) is 4.99 Å². The van der Waals surface area contributed by atoms with Gasteiger partial charge in [-0.2, -0.15) is 9.97 Å². The predicted octanol–water partition coefficient (Wildman–Crippen LogP) is 2.47. The van der Waals surface area contributed by atoms with Crippen LogP contribution in [0, 0.1) is 0 Å². The van der Waals surface area contributed by atoms with Crippen LogP contribution >= 0.6 is 0 Å². The van der Waals surface area contributed by atoms with E-state index >= 15 is 0 Å². The number of aromatic nitrogens is 2. The Morgan fingerprint density at radius 3 is 2.27 bits per heavy atom. The molecule has 0 aliphatic carbocycles. The van der Waals surface area contributed by atoms with Crippen LogP contribution in [0.4, 0.5) is 17.6 Å². The van der Waals surface area contributed by atoms with E-state index in [0.29, 0.717) is 26.4 Å². The van der Waals surface area contributed by atoms with Crippen LogP contribution in [0.5, 0.6) is 0 Å². The zero-order chi connectivity index (χ0) is 20.3. The molecule has 0 bridgehead atoms. The van der Waals surface area contributed by atoms with E-state index in [4.69, 9.17) is 24.4 Å². The molecule has 0 radical (unpaired) electrons. The van der Waals surface area contributed by atoms with E-state index in [1.54, 1.807) is 0 Å². The molecule has 2 fully saturated rings. The largest absolute Gasteiger partial charge is 0.378 e. The summed E-state index contributed by atoms with van der Waals surface area (Å²) in [6.45, 7) is 8.28. The van der Waals surface area contributed by atoms with Crippen molar-refractivity contribution in [2.45, 2.75) is 19.4 Å². The van der Waals surface area contributed by atoms with Gasteiger partial charge in [-0.25, -0.2) is 0 Å². The van der Waals surface area contributed by atoms with Gasteiger partial charge >= 0.3 is 0 Å². The number of hydrogen-bond acceptors (Lipinski definition) is 8. The highest BCUT2D eigenvalue weighted by atomic mass is 16.5. The maximum Gasteiger partial charge on any atom is 0.229 e. The molecule has 8 heteroatoms. The molecule has 30 heavy (non-hydrogen) atoms. The van der Waals surface area contributed by atoms with Crippen molar-refractivity contribution in [3.05, 3.63) is 41.5 Å². The van der Waals surface area contributed by atoms with E-state index in [0.717, 1.165) is 67.1 Å². The first-order valence-corrected chi connectivity index (χ1v) is 10.8. The van der Waals surface area contributed by atoms with Crippen LogP contribution < -0.4 is 15.1 Å². The average molecular weight is 409 g/mol. The summed E-state index contributed by atoms with van der Waals surface area (Å²) in [5.74, 6) is 3.48. The highest BCUT2D eigenvalue weighted by Gasteiger charge is 2.31. The Balaban J connectivity index is 1.59. The van der Waals surface area contributed by atoms with Crippen LogP contribution in [0.1, 0.15) is 30.5 Å². The molecule has 0 amide bonds. The molecule has 5 rings (SSSR count). The molecular formula is C22H28N6O2. The molecule has 0 spiro atoms. The third-order valence-corrected chi connectivity index (χ3v) is 5.81. The number of anilines is 3. The molecule has 158 valence electrons. The van der Waals surface area contributed by atoms with Crippen LogP contribution in [0.2, 0.25) is 0 Å². The first-order valence-electron chi connectivity index (χ1n) is 10.8. The molecule has 1 unspecified atom stereocenters. The maximum atomic E-state index is 5.58. The summed E-state index contributed by atoms with van der Waals surface area (Å²) in [6, 6.07) is 10.3. The van der Waals surface area contributed by atoms with Gasteiger partial charge in [0.25, 0.3) is 0 Å². The fourth-order valence-corrected chi connectivity index (χ4v) is 4.17. The molecule has 0 saturated carbocycles. The lowest BCUT2D eigenvalue weighted by atomic mass is 10.0. The Kier molecular flexibility index (Phi) is 5.50. The lowest BCUT2D eigenvalue weighted by Crippen LogP contribution is -2.41. The summed E-state index contributed by atoms with van der Waals surface area (Å²) < 4.78 is 11.1. The molecule has 1 N–H and O–H groups in total. The topological polar surface area (TPSA) is 75.1 Å². The van der Waals surface area contributed by atoms with E-state index in [2.05, 4.69) is 34.2 Å². The zero-order valence-corrected chi connectivity index (χ0v) is 17.4. The molecule has 1 aromatic heterocycles. The SMILES string of the molecule is CCC1N=C(c2ccccc2)Nc2nc(N3CCOCC3)nc(N3CCOCC3)c21. The third-order valence-electron chi connectivity index (χ3n) is 5.81. The van der Waals surface area contributed by atoms with Gasteiger partial charge in [0.05, 0.1) is 38.0 Å². The fourth-order valence-electron chi connectivity index (χ4n) is 4.17. The lowest BCUT2D eigenvalue weighted by molar-refractivity contribution is 0.121. The van der Waals surface area contributed by atoms with Gasteiger partial charge in [0, 0.05) is 31.7 Å². The zero-order valence-electron chi connectivity index (χ0n) is 17.4. The molecule has 1 aromatic carbocycles. The number of ether oxygens (including phenoxy) is 2. The number of amidine groups is 1. The summed E-state index contributed by atoms with van der Waals surface area (Å²) in [5.41, 5.74) is 2.16. The van der Waals surface area contributed by atoms with Gasteiger partial charge in [-0.05, 0) is 6.42 Å². The number of rotatable bonds is 4. The fraction of sp³-hybridized carbons (Fsp3) is 0.500. The van der Waals surface area contributed by atoms with E-state index in [1.807, 2.05) is 18.2 Å². The molecule has 4 heterocycles. The van der Waals surface area contributed by atoms with E-state index in [1.165, 1.54) is 0 Å². The number of nitrogens with one attached hydrogen (secondary N) is 1. The Bertz CT molecular complexity index is 907. The standard InChI is InChI=1S/C22H28N6O2/c1-2-17-18-20(24-19(23-17)16-6-4-3-5-7-16)25-22(28-10-14-30-15-11-28)26-21(18)27-8-12-29-13-9-27/h3-7,17H,2,8-15H2,1H3,(H,23,24,25,26). The quantitative estimate of drug-likeness (QED) is 0.833. The van der Waals surface area contributed by atoms with Crippen molar-refractivity contribution in [3.63, 3.8) is 0 Å². The molecule has 1 atom stereocenters. The van der Waals surface area contributed by atoms with Crippen LogP contribution in [-0.2, 0) is 9.47 Å².